The summed E-state index contributed by atoms with van der Waals surface area (Å²) >= 11 is 0. The third-order valence-corrected chi connectivity index (χ3v) is 4.81. The van der Waals surface area contributed by atoms with E-state index in [2.05, 4.69) is 59.5 Å². The van der Waals surface area contributed by atoms with E-state index < -0.39 is 0 Å². The molecule has 0 saturated heterocycles. The molecule has 29 heavy (non-hydrogen) atoms. The van der Waals surface area contributed by atoms with Gasteiger partial charge in [0.25, 0.3) is 0 Å². The van der Waals surface area contributed by atoms with Gasteiger partial charge in [0, 0.05) is 19.7 Å². The van der Waals surface area contributed by atoms with Crippen molar-refractivity contribution >= 4 is 0 Å². The van der Waals surface area contributed by atoms with Crippen LogP contribution in [0.5, 0.6) is 5.75 Å². The molecule has 0 saturated carbocycles. The lowest BCUT2D eigenvalue weighted by Crippen LogP contribution is -2.34. The summed E-state index contributed by atoms with van der Waals surface area (Å²) in [4.78, 5) is 2.34. The monoisotopic (exact) mass is 386 g/mol. The van der Waals surface area contributed by atoms with Crippen molar-refractivity contribution < 1.29 is 9.84 Å². The lowest BCUT2D eigenvalue weighted by Gasteiger charge is -2.32. The van der Waals surface area contributed by atoms with Crippen LogP contribution in [-0.4, -0.2) is 36.3 Å². The quantitative estimate of drug-likeness (QED) is 0.561. The van der Waals surface area contributed by atoms with E-state index in [0.29, 0.717) is 30.9 Å². The summed E-state index contributed by atoms with van der Waals surface area (Å²) in [5.74, 6) is 0.696. The first-order valence-electron chi connectivity index (χ1n) is 9.89. The van der Waals surface area contributed by atoms with Gasteiger partial charge in [-0.05, 0) is 35.7 Å². The number of hydrogen-bond acceptors (Lipinski definition) is 4. The fourth-order valence-electron chi connectivity index (χ4n) is 3.46. The van der Waals surface area contributed by atoms with Gasteiger partial charge in [0.2, 0.25) is 0 Å². The minimum atomic E-state index is 0.0815. The summed E-state index contributed by atoms with van der Waals surface area (Å²) < 4.78 is 5.93. The summed E-state index contributed by atoms with van der Waals surface area (Å²) in [6, 6.07) is 30.3. The number of rotatable bonds is 10. The zero-order valence-electron chi connectivity index (χ0n) is 16.4. The summed E-state index contributed by atoms with van der Waals surface area (Å²) in [6.45, 7) is 2.10. The summed E-state index contributed by atoms with van der Waals surface area (Å²) in [5.41, 5.74) is 3.01. The molecule has 0 aliphatic carbocycles. The van der Waals surface area contributed by atoms with Crippen molar-refractivity contribution in [1.82, 2.24) is 4.90 Å². The second-order valence-corrected chi connectivity index (χ2v) is 6.83. The number of aliphatic hydroxyl groups excluding tert-OH is 1. The van der Waals surface area contributed by atoms with Crippen LogP contribution in [0.2, 0.25) is 0 Å². The maximum atomic E-state index is 9.41. The van der Waals surface area contributed by atoms with Gasteiger partial charge in [-0.1, -0.05) is 66.7 Å². The number of aliphatic hydroxyl groups is 1. The van der Waals surface area contributed by atoms with Crippen molar-refractivity contribution in [2.24, 2.45) is 0 Å². The van der Waals surface area contributed by atoms with E-state index in [0.717, 1.165) is 6.54 Å². The Morgan fingerprint density at radius 3 is 2.10 bits per heavy atom. The number of benzene rings is 3. The van der Waals surface area contributed by atoms with Gasteiger partial charge in [0.15, 0.2) is 0 Å². The smallest absolute Gasteiger partial charge is 0.120 e. The van der Waals surface area contributed by atoms with Gasteiger partial charge >= 0.3 is 0 Å². The maximum Gasteiger partial charge on any atom is 0.120 e. The van der Waals surface area contributed by atoms with Gasteiger partial charge < -0.3 is 9.84 Å². The highest BCUT2D eigenvalue weighted by atomic mass is 16.5. The number of nitriles is 1. The molecule has 0 aliphatic rings. The third kappa shape index (κ3) is 5.92. The van der Waals surface area contributed by atoms with Gasteiger partial charge in [-0.2, -0.15) is 5.26 Å². The van der Waals surface area contributed by atoms with Gasteiger partial charge in [-0.3, -0.25) is 4.90 Å². The SMILES string of the molecule is N#Cc1cccc(OCCN(CCCO)C(c2ccccc2)c2ccccc2)c1. The second kappa shape index (κ2) is 11.0. The average Bonchev–Trinajstić information content (AvgIpc) is 2.79. The largest absolute Gasteiger partial charge is 0.492 e. The lowest BCUT2D eigenvalue weighted by atomic mass is 9.97. The van der Waals surface area contributed by atoms with Crippen LogP contribution in [0.25, 0.3) is 0 Å². The molecule has 0 aromatic heterocycles. The third-order valence-electron chi connectivity index (χ3n) is 4.81. The molecule has 0 unspecified atom stereocenters. The molecule has 3 aromatic carbocycles. The Hall–Kier alpha value is -3.13. The topological polar surface area (TPSA) is 56.5 Å². The zero-order chi connectivity index (χ0) is 20.3. The molecular formula is C25H26N2O2. The first-order valence-corrected chi connectivity index (χ1v) is 9.89. The molecule has 4 nitrogen and oxygen atoms in total. The Labute approximate surface area is 172 Å². The fourth-order valence-corrected chi connectivity index (χ4v) is 3.46. The van der Waals surface area contributed by atoms with E-state index in [1.165, 1.54) is 11.1 Å². The first-order chi connectivity index (χ1) is 14.3. The van der Waals surface area contributed by atoms with Gasteiger partial charge in [0.05, 0.1) is 17.7 Å². The van der Waals surface area contributed by atoms with Crippen molar-refractivity contribution in [2.45, 2.75) is 12.5 Å². The summed E-state index contributed by atoms with van der Waals surface area (Å²) in [6.07, 6.45) is 0.695. The standard InChI is InChI=1S/C25H26N2O2/c26-20-21-9-7-14-24(19-21)29-18-16-27(15-8-17-28)25(22-10-3-1-4-11-22)23-12-5-2-6-13-23/h1-7,9-14,19,25,28H,8,15-18H2. The van der Waals surface area contributed by atoms with Gasteiger partial charge in [-0.15, -0.1) is 0 Å². The molecule has 148 valence electrons. The minimum absolute atomic E-state index is 0.0815. The molecule has 0 spiro atoms. The van der Waals surface area contributed by atoms with Gasteiger partial charge in [-0.25, -0.2) is 0 Å². The van der Waals surface area contributed by atoms with Crippen LogP contribution in [0.1, 0.15) is 29.2 Å². The molecular weight excluding hydrogens is 360 g/mol. The fraction of sp³-hybridized carbons (Fsp3) is 0.240. The predicted molar refractivity (Wildman–Crippen MR) is 115 cm³/mol. The maximum absolute atomic E-state index is 9.41. The highest BCUT2D eigenvalue weighted by molar-refractivity contribution is 5.36. The summed E-state index contributed by atoms with van der Waals surface area (Å²) in [5, 5.41) is 18.5. The van der Waals surface area contributed by atoms with E-state index in [-0.39, 0.29) is 12.6 Å². The predicted octanol–water partition coefficient (Wildman–Crippen LogP) is 4.41. The summed E-state index contributed by atoms with van der Waals surface area (Å²) in [7, 11) is 0. The molecule has 0 bridgehead atoms. The van der Waals surface area contributed by atoms with E-state index in [9.17, 15) is 5.11 Å². The van der Waals surface area contributed by atoms with E-state index in [1.54, 1.807) is 12.1 Å². The van der Waals surface area contributed by atoms with E-state index in [4.69, 9.17) is 10.00 Å². The molecule has 4 heteroatoms. The van der Waals surface area contributed by atoms with Crippen molar-refractivity contribution in [1.29, 1.82) is 5.26 Å². The molecule has 3 aromatic rings. The van der Waals surface area contributed by atoms with Crippen LogP contribution < -0.4 is 4.74 Å². The van der Waals surface area contributed by atoms with E-state index >= 15 is 0 Å². The van der Waals surface area contributed by atoms with Crippen LogP contribution in [-0.2, 0) is 0 Å². The molecule has 0 fully saturated rings. The van der Waals surface area contributed by atoms with Crippen LogP contribution >= 0.6 is 0 Å². The van der Waals surface area contributed by atoms with Crippen molar-refractivity contribution in [2.75, 3.05) is 26.3 Å². The normalized spacial score (nSPS) is 10.8. The van der Waals surface area contributed by atoms with Crippen LogP contribution in [0, 0.1) is 11.3 Å². The molecule has 1 N–H and O–H groups in total. The Kier molecular flexibility index (Phi) is 7.82. The number of hydrogen-bond donors (Lipinski definition) is 1. The number of nitrogens with zero attached hydrogens (tertiary/aromatic N) is 2. The highest BCUT2D eigenvalue weighted by Gasteiger charge is 2.22. The number of ether oxygens (including phenoxy) is 1. The average molecular weight is 386 g/mol. The van der Waals surface area contributed by atoms with Crippen molar-refractivity contribution in [3.8, 4) is 11.8 Å². The van der Waals surface area contributed by atoms with Crippen molar-refractivity contribution in [3.63, 3.8) is 0 Å². The van der Waals surface area contributed by atoms with Crippen molar-refractivity contribution in [3.05, 3.63) is 102 Å². The molecule has 0 amide bonds. The van der Waals surface area contributed by atoms with Crippen LogP contribution in [0.4, 0.5) is 0 Å². The minimum Gasteiger partial charge on any atom is -0.492 e. The Bertz CT molecular complexity index is 867. The van der Waals surface area contributed by atoms with Crippen LogP contribution in [0.3, 0.4) is 0 Å². The second-order valence-electron chi connectivity index (χ2n) is 6.83. The van der Waals surface area contributed by atoms with Gasteiger partial charge in [0.1, 0.15) is 12.4 Å². The Balaban J connectivity index is 1.79. The van der Waals surface area contributed by atoms with Crippen LogP contribution in [0.15, 0.2) is 84.9 Å². The zero-order valence-corrected chi connectivity index (χ0v) is 16.4. The molecule has 0 radical (unpaired) electrons. The lowest BCUT2D eigenvalue weighted by molar-refractivity contribution is 0.162. The molecule has 0 heterocycles. The molecule has 3 rings (SSSR count). The Morgan fingerprint density at radius 2 is 1.52 bits per heavy atom. The van der Waals surface area contributed by atoms with E-state index in [1.807, 2.05) is 24.3 Å². The highest BCUT2D eigenvalue weighted by Crippen LogP contribution is 2.28. The molecule has 0 atom stereocenters. The first kappa shape index (κ1) is 20.6. The Morgan fingerprint density at radius 1 is 0.862 bits per heavy atom. The molecule has 0 aliphatic heterocycles.